The molecule has 0 aliphatic carbocycles. The molecule has 8 heteroatoms. The summed E-state index contributed by atoms with van der Waals surface area (Å²) in [5.41, 5.74) is 2.66. The SMILES string of the molecule is COc1cccc(NC(=O)C2=C(C)NC(=S)N[C@H]2c2ccc(OCC#N)cc2)c1. The van der Waals surface area contributed by atoms with E-state index in [1.165, 1.54) is 0 Å². The predicted octanol–water partition coefficient (Wildman–Crippen LogP) is 3.03. The molecular weight excluding hydrogens is 388 g/mol. The Bertz CT molecular complexity index is 996. The Balaban J connectivity index is 1.87. The second-order valence-electron chi connectivity index (χ2n) is 6.27. The number of thiocarbonyl (C=S) groups is 1. The lowest BCUT2D eigenvalue weighted by atomic mass is 9.95. The van der Waals surface area contributed by atoms with Gasteiger partial charge in [0.25, 0.3) is 5.91 Å². The Morgan fingerprint density at radius 2 is 2.00 bits per heavy atom. The average Bonchev–Trinajstić information content (AvgIpc) is 2.72. The van der Waals surface area contributed by atoms with E-state index in [1.54, 1.807) is 43.5 Å². The number of nitrogens with zero attached hydrogens (tertiary/aromatic N) is 1. The molecule has 3 rings (SSSR count). The third kappa shape index (κ3) is 4.83. The van der Waals surface area contributed by atoms with Crippen LogP contribution in [0.25, 0.3) is 0 Å². The van der Waals surface area contributed by atoms with Gasteiger partial charge in [-0.25, -0.2) is 0 Å². The van der Waals surface area contributed by atoms with Crippen molar-refractivity contribution in [3.05, 3.63) is 65.4 Å². The van der Waals surface area contributed by atoms with Gasteiger partial charge < -0.3 is 25.4 Å². The summed E-state index contributed by atoms with van der Waals surface area (Å²) in [7, 11) is 1.57. The van der Waals surface area contributed by atoms with Crippen LogP contribution in [-0.4, -0.2) is 24.7 Å². The maximum atomic E-state index is 13.1. The first kappa shape index (κ1) is 20.2. The van der Waals surface area contributed by atoms with Gasteiger partial charge in [0, 0.05) is 17.5 Å². The largest absolute Gasteiger partial charge is 0.497 e. The van der Waals surface area contributed by atoms with Gasteiger partial charge in [0.15, 0.2) is 11.7 Å². The highest BCUT2D eigenvalue weighted by Crippen LogP contribution is 2.29. The number of carbonyl (C=O) groups is 1. The molecular formula is C21H20N4O3S. The summed E-state index contributed by atoms with van der Waals surface area (Å²) < 4.78 is 10.5. The molecule has 0 saturated heterocycles. The van der Waals surface area contributed by atoms with Gasteiger partial charge in [-0.05, 0) is 49.0 Å². The summed E-state index contributed by atoms with van der Waals surface area (Å²) in [6.45, 7) is 1.78. The molecule has 148 valence electrons. The summed E-state index contributed by atoms with van der Waals surface area (Å²) in [6, 6.07) is 15.8. The number of hydrogen-bond acceptors (Lipinski definition) is 5. The minimum atomic E-state index is -0.431. The van der Waals surface area contributed by atoms with E-state index in [0.29, 0.717) is 33.6 Å². The number of nitriles is 1. The van der Waals surface area contributed by atoms with Gasteiger partial charge in [-0.1, -0.05) is 18.2 Å². The molecule has 1 aliphatic heterocycles. The van der Waals surface area contributed by atoms with Crippen molar-refractivity contribution in [1.29, 1.82) is 5.26 Å². The molecule has 0 radical (unpaired) electrons. The van der Waals surface area contributed by atoms with Crippen LogP contribution >= 0.6 is 12.2 Å². The van der Waals surface area contributed by atoms with E-state index in [4.69, 9.17) is 27.0 Å². The van der Waals surface area contributed by atoms with Crippen LogP contribution in [0.15, 0.2) is 59.8 Å². The Labute approximate surface area is 174 Å². The summed E-state index contributed by atoms with van der Waals surface area (Å²) in [6.07, 6.45) is 0. The molecule has 3 N–H and O–H groups in total. The van der Waals surface area contributed by atoms with Crippen LogP contribution in [0.1, 0.15) is 18.5 Å². The number of amides is 1. The van der Waals surface area contributed by atoms with Gasteiger partial charge in [-0.15, -0.1) is 0 Å². The molecule has 0 aromatic heterocycles. The van der Waals surface area contributed by atoms with Crippen LogP contribution in [-0.2, 0) is 4.79 Å². The number of anilines is 1. The summed E-state index contributed by atoms with van der Waals surface area (Å²) >= 11 is 5.28. The molecule has 1 heterocycles. The van der Waals surface area contributed by atoms with Crippen LogP contribution in [0.5, 0.6) is 11.5 Å². The molecule has 0 fully saturated rings. The first-order valence-electron chi connectivity index (χ1n) is 8.85. The number of ether oxygens (including phenoxy) is 2. The van der Waals surface area contributed by atoms with Crippen LogP contribution in [0.3, 0.4) is 0 Å². The van der Waals surface area contributed by atoms with E-state index in [-0.39, 0.29) is 12.5 Å². The Morgan fingerprint density at radius 1 is 1.24 bits per heavy atom. The summed E-state index contributed by atoms with van der Waals surface area (Å²) in [5, 5.41) is 18.1. The topological polar surface area (TPSA) is 95.4 Å². The van der Waals surface area contributed by atoms with E-state index in [1.807, 2.05) is 25.1 Å². The fraction of sp³-hybridized carbons (Fsp3) is 0.190. The quantitative estimate of drug-likeness (QED) is 0.633. The van der Waals surface area contributed by atoms with Crippen molar-refractivity contribution in [2.75, 3.05) is 19.0 Å². The monoisotopic (exact) mass is 408 g/mol. The number of carbonyl (C=O) groups excluding carboxylic acids is 1. The highest BCUT2D eigenvalue weighted by molar-refractivity contribution is 7.80. The van der Waals surface area contributed by atoms with E-state index in [2.05, 4.69) is 16.0 Å². The summed E-state index contributed by atoms with van der Waals surface area (Å²) in [5.74, 6) is 0.974. The molecule has 1 aliphatic rings. The van der Waals surface area contributed by atoms with Crippen LogP contribution in [0.4, 0.5) is 5.69 Å². The lowest BCUT2D eigenvalue weighted by Crippen LogP contribution is -2.45. The smallest absolute Gasteiger partial charge is 0.255 e. The molecule has 0 spiro atoms. The number of methoxy groups -OCH3 is 1. The molecule has 7 nitrogen and oxygen atoms in total. The molecule has 1 atom stereocenters. The number of nitrogens with one attached hydrogen (secondary N) is 3. The van der Waals surface area contributed by atoms with E-state index >= 15 is 0 Å². The normalized spacial score (nSPS) is 15.6. The lowest BCUT2D eigenvalue weighted by Gasteiger charge is -2.30. The van der Waals surface area contributed by atoms with E-state index < -0.39 is 6.04 Å². The van der Waals surface area contributed by atoms with Gasteiger partial charge in [0.1, 0.15) is 17.6 Å². The van der Waals surface area contributed by atoms with Gasteiger partial charge >= 0.3 is 0 Å². The number of rotatable bonds is 6. The molecule has 0 bridgehead atoms. The van der Waals surface area contributed by atoms with Gasteiger partial charge in [-0.3, -0.25) is 4.79 Å². The van der Waals surface area contributed by atoms with Crippen LogP contribution in [0.2, 0.25) is 0 Å². The molecule has 0 unspecified atom stereocenters. The van der Waals surface area contributed by atoms with Crippen molar-refractivity contribution in [3.63, 3.8) is 0 Å². The molecule has 2 aromatic carbocycles. The van der Waals surface area contributed by atoms with Crippen molar-refractivity contribution in [1.82, 2.24) is 10.6 Å². The highest BCUT2D eigenvalue weighted by atomic mass is 32.1. The minimum absolute atomic E-state index is 0.0256. The predicted molar refractivity (Wildman–Crippen MR) is 113 cm³/mol. The number of benzene rings is 2. The maximum Gasteiger partial charge on any atom is 0.255 e. The second kappa shape index (κ2) is 9.08. The molecule has 29 heavy (non-hydrogen) atoms. The molecule has 0 saturated carbocycles. The third-order valence-electron chi connectivity index (χ3n) is 4.36. The zero-order valence-electron chi connectivity index (χ0n) is 16.0. The number of hydrogen-bond donors (Lipinski definition) is 3. The van der Waals surface area contributed by atoms with E-state index in [0.717, 1.165) is 5.56 Å². The van der Waals surface area contributed by atoms with Crippen molar-refractivity contribution in [2.45, 2.75) is 13.0 Å². The fourth-order valence-electron chi connectivity index (χ4n) is 3.02. The average molecular weight is 408 g/mol. The second-order valence-corrected chi connectivity index (χ2v) is 6.68. The van der Waals surface area contributed by atoms with Gasteiger partial charge in [0.2, 0.25) is 0 Å². The first-order valence-corrected chi connectivity index (χ1v) is 9.26. The molecule has 1 amide bonds. The van der Waals surface area contributed by atoms with E-state index in [9.17, 15) is 4.79 Å². The van der Waals surface area contributed by atoms with Gasteiger partial charge in [-0.2, -0.15) is 5.26 Å². The highest BCUT2D eigenvalue weighted by Gasteiger charge is 2.30. The van der Waals surface area contributed by atoms with Crippen molar-refractivity contribution in [3.8, 4) is 17.6 Å². The standard InChI is InChI=1S/C21H20N4O3S/c1-13-18(20(26)24-15-4-3-5-17(12-15)27-2)19(25-21(29)23-13)14-6-8-16(9-7-14)28-11-10-22/h3-9,12,19H,11H2,1-2H3,(H,24,26)(H2,23,25,29)/t19-/m0/s1. The van der Waals surface area contributed by atoms with Crippen molar-refractivity contribution in [2.24, 2.45) is 0 Å². The lowest BCUT2D eigenvalue weighted by molar-refractivity contribution is -0.113. The maximum absolute atomic E-state index is 13.1. The first-order chi connectivity index (χ1) is 14.0. The summed E-state index contributed by atoms with van der Waals surface area (Å²) in [4.78, 5) is 13.1. The zero-order chi connectivity index (χ0) is 20.8. The fourth-order valence-corrected chi connectivity index (χ4v) is 3.29. The Hall–Kier alpha value is -3.57. The van der Waals surface area contributed by atoms with Gasteiger partial charge in [0.05, 0.1) is 18.7 Å². The Kier molecular flexibility index (Phi) is 6.32. The number of allylic oxidation sites excluding steroid dienone is 1. The van der Waals surface area contributed by atoms with Crippen LogP contribution < -0.4 is 25.4 Å². The van der Waals surface area contributed by atoms with Crippen molar-refractivity contribution < 1.29 is 14.3 Å². The third-order valence-corrected chi connectivity index (χ3v) is 4.58. The zero-order valence-corrected chi connectivity index (χ0v) is 16.8. The molecule has 2 aromatic rings. The Morgan fingerprint density at radius 3 is 2.69 bits per heavy atom. The minimum Gasteiger partial charge on any atom is -0.497 e. The van der Waals surface area contributed by atoms with Crippen LogP contribution in [0, 0.1) is 11.3 Å². The van der Waals surface area contributed by atoms with Crippen molar-refractivity contribution >= 4 is 28.9 Å².